The van der Waals surface area contributed by atoms with Crippen LogP contribution < -0.4 is 0 Å². The number of aromatic nitrogens is 1. The summed E-state index contributed by atoms with van der Waals surface area (Å²) in [5.74, 6) is 0.0411. The van der Waals surface area contributed by atoms with Crippen LogP contribution in [-0.2, 0) is 6.42 Å². The summed E-state index contributed by atoms with van der Waals surface area (Å²) in [7, 11) is 0.208. The summed E-state index contributed by atoms with van der Waals surface area (Å²) in [6.07, 6.45) is 14.8. The largest absolute Gasteiger partial charge is 0.287 e. The first-order chi connectivity index (χ1) is 13.3. The van der Waals surface area contributed by atoms with Gasteiger partial charge < -0.3 is 0 Å². The number of carbonyl (C=O) groups excluding carboxylic acids is 1. The third kappa shape index (κ3) is 7.54. The van der Waals surface area contributed by atoms with Crippen LogP contribution in [0.15, 0.2) is 48.7 Å². The van der Waals surface area contributed by atoms with E-state index >= 15 is 0 Å². The minimum Gasteiger partial charge on any atom is -0.287 e. The Morgan fingerprint density at radius 2 is 1.52 bits per heavy atom. The molecular formula is C24H34NOP. The molecule has 0 fully saturated rings. The van der Waals surface area contributed by atoms with E-state index in [0.717, 1.165) is 24.0 Å². The number of nitrogens with zero attached hydrogens (tertiary/aromatic N) is 1. The van der Waals surface area contributed by atoms with Gasteiger partial charge in [-0.05, 0) is 62.2 Å². The van der Waals surface area contributed by atoms with Crippen LogP contribution >= 0.6 is 7.92 Å². The molecule has 0 saturated carbocycles. The monoisotopic (exact) mass is 383 g/mol. The Kier molecular flexibility index (Phi) is 10.3. The van der Waals surface area contributed by atoms with Crippen molar-refractivity contribution in [2.24, 2.45) is 0 Å². The second kappa shape index (κ2) is 12.8. The summed E-state index contributed by atoms with van der Waals surface area (Å²) >= 11 is 0. The van der Waals surface area contributed by atoms with Crippen LogP contribution in [0.5, 0.6) is 0 Å². The zero-order chi connectivity index (χ0) is 19.3. The van der Waals surface area contributed by atoms with Crippen molar-refractivity contribution >= 4 is 13.7 Å². The van der Waals surface area contributed by atoms with E-state index in [1.54, 1.807) is 6.20 Å². The fourth-order valence-electron chi connectivity index (χ4n) is 3.32. The van der Waals surface area contributed by atoms with Gasteiger partial charge in [0.15, 0.2) is 0 Å². The summed E-state index contributed by atoms with van der Waals surface area (Å²) in [5, 5.41) is 0. The highest BCUT2D eigenvalue weighted by Gasteiger charge is 2.14. The Morgan fingerprint density at radius 1 is 0.852 bits per heavy atom. The van der Waals surface area contributed by atoms with Gasteiger partial charge in [0, 0.05) is 11.8 Å². The van der Waals surface area contributed by atoms with Gasteiger partial charge in [-0.2, -0.15) is 0 Å². The molecule has 0 saturated heterocycles. The molecule has 2 aromatic rings. The van der Waals surface area contributed by atoms with E-state index in [-0.39, 0.29) is 13.7 Å². The Hall–Kier alpha value is -1.53. The standard InChI is InChI=1S/C24H34NOP/c1-3-5-18-27(19-6-4-2)20-11-10-13-21-16-12-17-25-23(21)24(26)22-14-8-7-9-15-22/h7-9,12,14-17H,3-6,10-11,13,18-20H2,1-2H3. The maximum atomic E-state index is 12.8. The molecule has 2 nitrogen and oxygen atoms in total. The van der Waals surface area contributed by atoms with Gasteiger partial charge in [0.25, 0.3) is 0 Å². The minimum absolute atomic E-state index is 0.0411. The lowest BCUT2D eigenvalue weighted by Gasteiger charge is -2.17. The van der Waals surface area contributed by atoms with Crippen LogP contribution in [0, 0.1) is 0 Å². The first-order valence-electron chi connectivity index (χ1n) is 10.5. The quantitative estimate of drug-likeness (QED) is 0.218. The number of rotatable bonds is 13. The SMILES string of the molecule is CCCCP(CCCC)CCCCc1cccnc1C(=O)c1ccccc1. The van der Waals surface area contributed by atoms with Crippen molar-refractivity contribution in [3.63, 3.8) is 0 Å². The molecule has 0 unspecified atom stereocenters. The lowest BCUT2D eigenvalue weighted by Crippen LogP contribution is -2.08. The molecule has 0 N–H and O–H groups in total. The predicted octanol–water partition coefficient (Wildman–Crippen LogP) is 6.72. The minimum atomic E-state index is 0.0411. The molecule has 1 aromatic heterocycles. The molecule has 0 atom stereocenters. The van der Waals surface area contributed by atoms with Gasteiger partial charge in [0.05, 0.1) is 0 Å². The van der Waals surface area contributed by atoms with E-state index in [1.165, 1.54) is 50.6 Å². The van der Waals surface area contributed by atoms with Crippen LogP contribution in [0.4, 0.5) is 0 Å². The Labute approximate surface area is 166 Å². The third-order valence-electron chi connectivity index (χ3n) is 4.97. The Balaban J connectivity index is 1.89. The number of pyridine rings is 1. The normalized spacial score (nSPS) is 11.1. The fourth-order valence-corrected chi connectivity index (χ4v) is 6.19. The molecule has 0 spiro atoms. The topological polar surface area (TPSA) is 30.0 Å². The summed E-state index contributed by atoms with van der Waals surface area (Å²) in [5.41, 5.74) is 2.45. The second-order valence-electron chi connectivity index (χ2n) is 7.21. The first-order valence-corrected chi connectivity index (χ1v) is 12.4. The predicted molar refractivity (Wildman–Crippen MR) is 118 cm³/mol. The molecule has 0 aliphatic heterocycles. The van der Waals surface area contributed by atoms with Crippen molar-refractivity contribution in [2.75, 3.05) is 18.5 Å². The highest BCUT2D eigenvalue weighted by atomic mass is 31.1. The molecule has 146 valence electrons. The summed E-state index contributed by atoms with van der Waals surface area (Å²) in [6.45, 7) is 4.59. The molecule has 0 aliphatic carbocycles. The second-order valence-corrected chi connectivity index (χ2v) is 9.90. The summed E-state index contributed by atoms with van der Waals surface area (Å²) in [4.78, 5) is 17.2. The van der Waals surface area contributed by atoms with Gasteiger partial charge >= 0.3 is 0 Å². The van der Waals surface area contributed by atoms with Crippen LogP contribution in [-0.4, -0.2) is 29.3 Å². The van der Waals surface area contributed by atoms with E-state index in [0.29, 0.717) is 5.69 Å². The van der Waals surface area contributed by atoms with Crippen molar-refractivity contribution in [3.05, 3.63) is 65.5 Å². The lowest BCUT2D eigenvalue weighted by molar-refractivity contribution is 0.103. The van der Waals surface area contributed by atoms with E-state index in [9.17, 15) is 4.79 Å². The third-order valence-corrected chi connectivity index (χ3v) is 7.81. The van der Waals surface area contributed by atoms with Gasteiger partial charge in [0.1, 0.15) is 5.69 Å². The van der Waals surface area contributed by atoms with E-state index in [1.807, 2.05) is 36.4 Å². The summed E-state index contributed by atoms with van der Waals surface area (Å²) < 4.78 is 0. The summed E-state index contributed by atoms with van der Waals surface area (Å²) in [6, 6.07) is 13.5. The zero-order valence-corrected chi connectivity index (χ0v) is 17.9. The van der Waals surface area contributed by atoms with Crippen molar-refractivity contribution in [2.45, 2.75) is 58.8 Å². The number of benzene rings is 1. The van der Waals surface area contributed by atoms with Gasteiger partial charge in [-0.3, -0.25) is 9.78 Å². The number of carbonyl (C=O) groups is 1. The Morgan fingerprint density at radius 3 is 2.19 bits per heavy atom. The van der Waals surface area contributed by atoms with Crippen molar-refractivity contribution < 1.29 is 4.79 Å². The molecule has 0 amide bonds. The van der Waals surface area contributed by atoms with Crippen molar-refractivity contribution in [3.8, 4) is 0 Å². The molecule has 27 heavy (non-hydrogen) atoms. The maximum absolute atomic E-state index is 12.8. The number of hydrogen-bond acceptors (Lipinski definition) is 2. The number of ketones is 1. The molecule has 0 bridgehead atoms. The van der Waals surface area contributed by atoms with E-state index < -0.39 is 0 Å². The van der Waals surface area contributed by atoms with Crippen molar-refractivity contribution in [1.29, 1.82) is 0 Å². The van der Waals surface area contributed by atoms with E-state index in [4.69, 9.17) is 0 Å². The number of aryl methyl sites for hydroxylation is 1. The molecule has 0 aliphatic rings. The van der Waals surface area contributed by atoms with Gasteiger partial charge in [-0.1, -0.05) is 63.1 Å². The van der Waals surface area contributed by atoms with Crippen LogP contribution in [0.25, 0.3) is 0 Å². The van der Waals surface area contributed by atoms with Crippen LogP contribution in [0.2, 0.25) is 0 Å². The Bertz CT molecular complexity index is 663. The van der Waals surface area contributed by atoms with Gasteiger partial charge in [0.2, 0.25) is 5.78 Å². The average Bonchev–Trinajstić information content (AvgIpc) is 2.73. The first kappa shape index (κ1) is 21.8. The molecule has 0 radical (unpaired) electrons. The van der Waals surface area contributed by atoms with Gasteiger partial charge in [-0.15, -0.1) is 7.92 Å². The van der Waals surface area contributed by atoms with Crippen LogP contribution in [0.3, 0.4) is 0 Å². The average molecular weight is 384 g/mol. The highest BCUT2D eigenvalue weighted by Crippen LogP contribution is 2.38. The maximum Gasteiger partial charge on any atom is 0.211 e. The van der Waals surface area contributed by atoms with Crippen LogP contribution in [0.1, 0.15) is 74.0 Å². The number of hydrogen-bond donors (Lipinski definition) is 0. The fraction of sp³-hybridized carbons (Fsp3) is 0.500. The number of unbranched alkanes of at least 4 members (excludes halogenated alkanes) is 3. The smallest absolute Gasteiger partial charge is 0.211 e. The lowest BCUT2D eigenvalue weighted by atomic mass is 10.0. The molecule has 1 heterocycles. The molecular weight excluding hydrogens is 349 g/mol. The van der Waals surface area contributed by atoms with Gasteiger partial charge in [-0.25, -0.2) is 0 Å². The molecule has 2 rings (SSSR count). The molecule has 1 aromatic carbocycles. The molecule has 3 heteroatoms. The van der Waals surface area contributed by atoms with E-state index in [2.05, 4.69) is 24.9 Å². The highest BCUT2D eigenvalue weighted by molar-refractivity contribution is 7.57. The van der Waals surface area contributed by atoms with Crippen molar-refractivity contribution in [1.82, 2.24) is 4.98 Å². The zero-order valence-electron chi connectivity index (χ0n) is 17.0.